The van der Waals surface area contributed by atoms with Crippen molar-refractivity contribution in [1.29, 1.82) is 0 Å². The van der Waals surface area contributed by atoms with E-state index in [-0.39, 0.29) is 11.8 Å². The number of halogens is 1. The molecule has 0 bridgehead atoms. The monoisotopic (exact) mass is 273 g/mol. The summed E-state index contributed by atoms with van der Waals surface area (Å²) in [6, 6.07) is 0.0577. The van der Waals surface area contributed by atoms with Gasteiger partial charge in [-0.1, -0.05) is 8.93 Å². The van der Waals surface area contributed by atoms with Crippen LogP contribution in [0.4, 0.5) is 0 Å². The van der Waals surface area contributed by atoms with Gasteiger partial charge in [-0.2, -0.15) is 0 Å². The minimum Gasteiger partial charge on any atom is -0.311 e. The molecule has 0 spiro atoms. The van der Waals surface area contributed by atoms with Crippen LogP contribution in [0.2, 0.25) is 0 Å². The average Bonchev–Trinajstić information content (AvgIpc) is 1.89. The van der Waals surface area contributed by atoms with E-state index in [1.54, 1.807) is 15.9 Å². The lowest BCUT2D eigenvalue weighted by molar-refractivity contribution is -0.118. The summed E-state index contributed by atoms with van der Waals surface area (Å²) >= 11 is 2.24. The molecule has 0 amide bonds. The van der Waals surface area contributed by atoms with Gasteiger partial charge in [0.15, 0.2) is 0 Å². The summed E-state index contributed by atoms with van der Waals surface area (Å²) in [4.78, 5) is 10.8. The fraction of sp³-hybridized carbons (Fsp3) is 0.833. The molecule has 0 rings (SSSR count). The minimum atomic E-state index is 0.0577. The Morgan fingerprint density at radius 3 is 2.70 bits per heavy atom. The third-order valence-corrected chi connectivity index (χ3v) is 3.03. The molecule has 0 aromatic heterocycles. The maximum Gasteiger partial charge on any atom is 0.146 e. The van der Waals surface area contributed by atoms with Crippen LogP contribution < -0.4 is 5.32 Å². The molecular weight excluding hydrogens is 261 g/mol. The first kappa shape index (κ1) is 10.7. The van der Waals surface area contributed by atoms with Gasteiger partial charge in [0.1, 0.15) is 5.78 Å². The molecular formula is C6H12INOS. The Labute approximate surface area is 78.1 Å². The first-order valence-electron chi connectivity index (χ1n) is 3.13. The van der Waals surface area contributed by atoms with Crippen molar-refractivity contribution in [3.05, 3.63) is 0 Å². The van der Waals surface area contributed by atoms with E-state index >= 15 is 0 Å². The number of carbonyl (C=O) groups is 1. The van der Waals surface area contributed by atoms with Gasteiger partial charge in [0.25, 0.3) is 0 Å². The van der Waals surface area contributed by atoms with Crippen LogP contribution in [0.3, 0.4) is 0 Å². The first-order valence-corrected chi connectivity index (χ1v) is 6.66. The van der Waals surface area contributed by atoms with Crippen molar-refractivity contribution in [2.45, 2.75) is 19.4 Å². The van der Waals surface area contributed by atoms with Crippen LogP contribution in [0.25, 0.3) is 0 Å². The number of Topliss-reactive ketones (excluding diaryl/α,β-unsaturated/α-hetero) is 1. The van der Waals surface area contributed by atoms with Crippen LogP contribution >= 0.6 is 30.1 Å². The highest BCUT2D eigenvalue weighted by atomic mass is 127. The predicted molar refractivity (Wildman–Crippen MR) is 54.6 cm³/mol. The zero-order valence-corrected chi connectivity index (χ0v) is 9.16. The summed E-state index contributed by atoms with van der Waals surface area (Å²) in [5, 5.41) is 2.97. The molecule has 0 aromatic rings. The summed E-state index contributed by atoms with van der Waals surface area (Å²) < 4.78 is 0. The second-order valence-corrected chi connectivity index (χ2v) is 4.55. The first-order chi connectivity index (χ1) is 4.72. The third kappa shape index (κ3) is 4.51. The smallest absolute Gasteiger partial charge is 0.146 e. The van der Waals surface area contributed by atoms with Gasteiger partial charge < -0.3 is 5.32 Å². The Morgan fingerprint density at radius 2 is 2.40 bits per heavy atom. The largest absolute Gasteiger partial charge is 0.311 e. The van der Waals surface area contributed by atoms with Gasteiger partial charge in [-0.15, -0.1) is 0 Å². The molecule has 10 heavy (non-hydrogen) atoms. The van der Waals surface area contributed by atoms with Gasteiger partial charge in [0, 0.05) is 5.75 Å². The summed E-state index contributed by atoms with van der Waals surface area (Å²) in [6.45, 7) is 1.62. The Hall–Kier alpha value is 0.710. The highest BCUT2D eigenvalue weighted by Gasteiger charge is 2.09. The maximum absolute atomic E-state index is 10.8. The van der Waals surface area contributed by atoms with Crippen LogP contribution in [-0.2, 0) is 4.79 Å². The zero-order chi connectivity index (χ0) is 7.98. The van der Waals surface area contributed by atoms with Crippen LogP contribution in [0.1, 0.15) is 13.3 Å². The number of hydrogen-bond donors (Lipinski definition) is 1. The van der Waals surface area contributed by atoms with Gasteiger partial charge in [-0.05, 0) is 41.6 Å². The lowest BCUT2D eigenvalue weighted by Gasteiger charge is -2.09. The highest BCUT2D eigenvalue weighted by molar-refractivity contribution is 14.2. The number of carbonyl (C=O) groups excluding carboxylic acids is 1. The molecule has 0 aromatic carbocycles. The molecule has 4 heteroatoms. The summed E-state index contributed by atoms with van der Waals surface area (Å²) in [5.41, 5.74) is 0. The van der Waals surface area contributed by atoms with Crippen molar-refractivity contribution in [1.82, 2.24) is 5.32 Å². The van der Waals surface area contributed by atoms with Crippen molar-refractivity contribution in [3.8, 4) is 0 Å². The standard InChI is InChI=1S/C6H12INOS/c1-5(9)6(8-2)3-4-10-7/h6,8H,3-4H2,1-2H3/t6-/m0/s1. The topological polar surface area (TPSA) is 29.1 Å². The Bertz CT molecular complexity index is 110. The van der Waals surface area contributed by atoms with Crippen molar-refractivity contribution in [3.63, 3.8) is 0 Å². The van der Waals surface area contributed by atoms with Gasteiger partial charge in [-0.3, -0.25) is 4.79 Å². The fourth-order valence-electron chi connectivity index (χ4n) is 0.713. The van der Waals surface area contributed by atoms with Gasteiger partial charge in [0.2, 0.25) is 0 Å². The maximum atomic E-state index is 10.8. The van der Waals surface area contributed by atoms with Crippen LogP contribution in [0.15, 0.2) is 0 Å². The minimum absolute atomic E-state index is 0.0577. The van der Waals surface area contributed by atoms with E-state index in [0.717, 1.165) is 12.2 Å². The van der Waals surface area contributed by atoms with E-state index in [4.69, 9.17) is 0 Å². The average molecular weight is 273 g/mol. The van der Waals surface area contributed by atoms with Crippen molar-refractivity contribution < 1.29 is 4.79 Å². The third-order valence-electron chi connectivity index (χ3n) is 1.32. The molecule has 2 nitrogen and oxygen atoms in total. The second kappa shape index (κ2) is 6.42. The van der Waals surface area contributed by atoms with Crippen LogP contribution in [-0.4, -0.2) is 24.6 Å². The van der Waals surface area contributed by atoms with E-state index in [2.05, 4.69) is 26.5 Å². The molecule has 0 aliphatic carbocycles. The molecule has 0 saturated heterocycles. The summed E-state index contributed by atoms with van der Waals surface area (Å²) in [7, 11) is 3.56. The molecule has 1 N–H and O–H groups in total. The Morgan fingerprint density at radius 1 is 1.80 bits per heavy atom. The zero-order valence-electron chi connectivity index (χ0n) is 6.19. The second-order valence-electron chi connectivity index (χ2n) is 2.05. The molecule has 0 aliphatic rings. The van der Waals surface area contributed by atoms with Crippen molar-refractivity contribution in [2.75, 3.05) is 12.8 Å². The predicted octanol–water partition coefficient (Wildman–Crippen LogP) is 1.64. The number of likely N-dealkylation sites (N-methyl/N-ethyl adjacent to an activating group) is 1. The van der Waals surface area contributed by atoms with Crippen LogP contribution in [0, 0.1) is 0 Å². The fourth-order valence-corrected chi connectivity index (χ4v) is 1.80. The highest BCUT2D eigenvalue weighted by Crippen LogP contribution is 2.13. The Balaban J connectivity index is 3.50. The van der Waals surface area contributed by atoms with E-state index in [0.29, 0.717) is 0 Å². The normalized spacial score (nSPS) is 13.1. The molecule has 0 saturated carbocycles. The lowest BCUT2D eigenvalue weighted by Crippen LogP contribution is -2.32. The van der Waals surface area contributed by atoms with Crippen molar-refractivity contribution >= 4 is 35.9 Å². The molecule has 0 heterocycles. The summed E-state index contributed by atoms with van der Waals surface area (Å²) in [5.74, 6) is 1.26. The van der Waals surface area contributed by atoms with Gasteiger partial charge in [0.05, 0.1) is 6.04 Å². The summed E-state index contributed by atoms with van der Waals surface area (Å²) in [6.07, 6.45) is 0.930. The molecule has 0 aliphatic heterocycles. The lowest BCUT2D eigenvalue weighted by atomic mass is 10.1. The molecule has 0 fully saturated rings. The van der Waals surface area contributed by atoms with E-state index in [1.165, 1.54) is 0 Å². The Kier molecular flexibility index (Phi) is 6.88. The molecule has 60 valence electrons. The van der Waals surface area contributed by atoms with Crippen molar-refractivity contribution in [2.24, 2.45) is 0 Å². The van der Waals surface area contributed by atoms with E-state index in [1.807, 2.05) is 7.05 Å². The van der Waals surface area contributed by atoms with Gasteiger partial charge in [-0.25, -0.2) is 0 Å². The molecule has 0 radical (unpaired) electrons. The quantitative estimate of drug-likeness (QED) is 0.772. The number of rotatable bonds is 5. The van der Waals surface area contributed by atoms with Crippen LogP contribution in [0.5, 0.6) is 0 Å². The molecule has 0 unspecified atom stereocenters. The van der Waals surface area contributed by atoms with E-state index in [9.17, 15) is 4.79 Å². The number of ketones is 1. The van der Waals surface area contributed by atoms with E-state index < -0.39 is 0 Å². The number of nitrogens with one attached hydrogen (secondary N) is 1. The number of hydrogen-bond acceptors (Lipinski definition) is 3. The SMILES string of the molecule is CN[C@@H](CCSI)C(C)=O. The molecule has 1 atom stereocenters. The van der Waals surface area contributed by atoms with Gasteiger partial charge >= 0.3 is 0 Å².